The smallest absolute Gasteiger partial charge is 0.215 e. The number of nitrogens with zero attached hydrogens (tertiary/aromatic N) is 3. The highest BCUT2D eigenvalue weighted by Crippen LogP contribution is 2.20. The number of imidazole rings is 1. The lowest BCUT2D eigenvalue weighted by Gasteiger charge is -1.99. The number of aromatic amines is 1. The summed E-state index contributed by atoms with van der Waals surface area (Å²) in [4.78, 5) is 16.3. The summed E-state index contributed by atoms with van der Waals surface area (Å²) in [6, 6.07) is 7.55. The van der Waals surface area contributed by atoms with Crippen molar-refractivity contribution in [1.29, 1.82) is 0 Å². The fourth-order valence-corrected chi connectivity index (χ4v) is 1.91. The first-order valence-corrected chi connectivity index (χ1v) is 6.45. The van der Waals surface area contributed by atoms with E-state index in [9.17, 15) is 0 Å². The summed E-state index contributed by atoms with van der Waals surface area (Å²) in [6.07, 6.45) is 1.75. The van der Waals surface area contributed by atoms with Crippen LogP contribution >= 0.6 is 0 Å². The van der Waals surface area contributed by atoms with Crippen molar-refractivity contribution in [3.05, 3.63) is 36.0 Å². The molecule has 0 bridgehead atoms. The van der Waals surface area contributed by atoms with Gasteiger partial charge in [-0.05, 0) is 24.6 Å². The number of aromatic nitrogens is 4. The van der Waals surface area contributed by atoms with Crippen LogP contribution in [0.15, 0.2) is 30.5 Å². The van der Waals surface area contributed by atoms with Crippen molar-refractivity contribution < 1.29 is 4.74 Å². The van der Waals surface area contributed by atoms with E-state index in [0.29, 0.717) is 30.5 Å². The Balaban J connectivity index is 1.98. The van der Waals surface area contributed by atoms with Crippen LogP contribution in [0.1, 0.15) is 12.5 Å². The normalized spacial score (nSPS) is 10.9. The van der Waals surface area contributed by atoms with E-state index in [1.165, 1.54) is 0 Å². The second kappa shape index (κ2) is 5.26. The average Bonchev–Trinajstić information content (AvgIpc) is 2.91. The molecule has 0 aliphatic heterocycles. The van der Waals surface area contributed by atoms with Crippen LogP contribution in [0, 0.1) is 0 Å². The van der Waals surface area contributed by atoms with Gasteiger partial charge in [-0.15, -0.1) is 0 Å². The summed E-state index contributed by atoms with van der Waals surface area (Å²) in [6.45, 7) is 2.98. The molecule has 6 nitrogen and oxygen atoms in total. The summed E-state index contributed by atoms with van der Waals surface area (Å²) >= 11 is 0. The van der Waals surface area contributed by atoms with Crippen molar-refractivity contribution in [3.63, 3.8) is 0 Å². The summed E-state index contributed by atoms with van der Waals surface area (Å²) in [5.74, 6) is 1.26. The van der Waals surface area contributed by atoms with Gasteiger partial charge in [0.1, 0.15) is 5.69 Å². The van der Waals surface area contributed by atoms with E-state index in [-0.39, 0.29) is 0 Å². The monoisotopic (exact) mass is 269 g/mol. The first-order valence-electron chi connectivity index (χ1n) is 6.45. The van der Waals surface area contributed by atoms with Crippen LogP contribution in [0.4, 0.5) is 0 Å². The summed E-state index contributed by atoms with van der Waals surface area (Å²) in [5.41, 5.74) is 8.78. The molecule has 0 spiro atoms. The molecule has 0 radical (unpaired) electrons. The van der Waals surface area contributed by atoms with Gasteiger partial charge in [-0.2, -0.15) is 4.98 Å². The molecule has 0 saturated heterocycles. The van der Waals surface area contributed by atoms with Gasteiger partial charge in [-0.3, -0.25) is 4.98 Å². The molecule has 0 aliphatic carbocycles. The molecule has 0 aliphatic rings. The van der Waals surface area contributed by atoms with E-state index in [1.807, 2.05) is 31.2 Å². The Labute approximate surface area is 116 Å². The fraction of sp³-hybridized carbons (Fsp3) is 0.214. The van der Waals surface area contributed by atoms with Gasteiger partial charge in [0.15, 0.2) is 11.5 Å². The highest BCUT2D eigenvalue weighted by Gasteiger charge is 2.08. The second-order valence-electron chi connectivity index (χ2n) is 4.29. The van der Waals surface area contributed by atoms with E-state index in [2.05, 4.69) is 19.9 Å². The fourth-order valence-electron chi connectivity index (χ4n) is 1.91. The number of fused-ring (bicyclic) bond motifs is 1. The van der Waals surface area contributed by atoms with Crippen molar-refractivity contribution >= 4 is 11.2 Å². The van der Waals surface area contributed by atoms with Crippen LogP contribution in [-0.4, -0.2) is 26.5 Å². The van der Waals surface area contributed by atoms with E-state index < -0.39 is 0 Å². The van der Waals surface area contributed by atoms with Crippen LogP contribution in [0.5, 0.6) is 5.88 Å². The third kappa shape index (κ3) is 2.33. The Kier molecular flexibility index (Phi) is 3.30. The molecule has 0 amide bonds. The van der Waals surface area contributed by atoms with Crippen molar-refractivity contribution in [1.82, 2.24) is 19.9 Å². The predicted molar refractivity (Wildman–Crippen MR) is 76.2 cm³/mol. The Morgan fingerprint density at radius 3 is 2.80 bits per heavy atom. The lowest BCUT2D eigenvalue weighted by atomic mass is 10.2. The molecule has 0 aromatic carbocycles. The Morgan fingerprint density at radius 1 is 1.20 bits per heavy atom. The minimum absolute atomic E-state index is 0.479. The number of hydrogen-bond acceptors (Lipinski definition) is 5. The standard InChI is InChI=1S/C14H15N5O/c1-2-20-12-6-5-11-14(18-12)19-13(17-11)10-4-3-9(7-15)8-16-10/h3-6,8H,2,7,15H2,1H3,(H,17,18,19). The average molecular weight is 269 g/mol. The highest BCUT2D eigenvalue weighted by atomic mass is 16.5. The number of H-pyrrole nitrogens is 1. The topological polar surface area (TPSA) is 89.7 Å². The molecule has 20 heavy (non-hydrogen) atoms. The van der Waals surface area contributed by atoms with Gasteiger partial charge in [0.05, 0.1) is 12.1 Å². The Hall–Kier alpha value is -2.47. The Bertz CT molecular complexity index is 720. The van der Waals surface area contributed by atoms with Crippen LogP contribution < -0.4 is 10.5 Å². The highest BCUT2D eigenvalue weighted by molar-refractivity contribution is 5.75. The van der Waals surface area contributed by atoms with Crippen LogP contribution in [0.3, 0.4) is 0 Å². The molecule has 102 valence electrons. The third-order valence-electron chi connectivity index (χ3n) is 2.92. The van der Waals surface area contributed by atoms with Gasteiger partial charge < -0.3 is 15.5 Å². The van der Waals surface area contributed by atoms with Gasteiger partial charge >= 0.3 is 0 Å². The van der Waals surface area contributed by atoms with Gasteiger partial charge in [-0.1, -0.05) is 6.07 Å². The summed E-state index contributed by atoms with van der Waals surface area (Å²) in [7, 11) is 0. The van der Waals surface area contributed by atoms with Crippen molar-refractivity contribution in [2.45, 2.75) is 13.5 Å². The third-order valence-corrected chi connectivity index (χ3v) is 2.92. The molecule has 0 fully saturated rings. The molecule has 0 saturated carbocycles. The summed E-state index contributed by atoms with van der Waals surface area (Å²) in [5, 5.41) is 0. The van der Waals surface area contributed by atoms with E-state index in [1.54, 1.807) is 6.20 Å². The van der Waals surface area contributed by atoms with E-state index in [0.717, 1.165) is 16.8 Å². The minimum Gasteiger partial charge on any atom is -0.478 e. The van der Waals surface area contributed by atoms with Gasteiger partial charge in [-0.25, -0.2) is 4.98 Å². The summed E-state index contributed by atoms with van der Waals surface area (Å²) < 4.78 is 5.36. The molecular weight excluding hydrogens is 254 g/mol. The van der Waals surface area contributed by atoms with Crippen LogP contribution in [-0.2, 0) is 6.54 Å². The number of ether oxygens (including phenoxy) is 1. The maximum Gasteiger partial charge on any atom is 0.215 e. The maximum absolute atomic E-state index is 5.56. The first kappa shape index (κ1) is 12.6. The molecule has 6 heteroatoms. The van der Waals surface area contributed by atoms with Crippen LogP contribution in [0.25, 0.3) is 22.7 Å². The number of pyridine rings is 2. The number of rotatable bonds is 4. The molecule has 3 aromatic rings. The zero-order valence-electron chi connectivity index (χ0n) is 11.1. The lowest BCUT2D eigenvalue weighted by Crippen LogP contribution is -1.97. The molecule has 3 aromatic heterocycles. The molecular formula is C14H15N5O. The van der Waals surface area contributed by atoms with Gasteiger partial charge in [0.25, 0.3) is 0 Å². The van der Waals surface area contributed by atoms with Gasteiger partial charge in [0, 0.05) is 18.8 Å². The zero-order valence-corrected chi connectivity index (χ0v) is 11.1. The molecule has 3 heterocycles. The second-order valence-corrected chi connectivity index (χ2v) is 4.29. The quantitative estimate of drug-likeness (QED) is 0.754. The van der Waals surface area contributed by atoms with Crippen molar-refractivity contribution in [2.24, 2.45) is 5.73 Å². The number of nitrogens with one attached hydrogen (secondary N) is 1. The van der Waals surface area contributed by atoms with Gasteiger partial charge in [0.2, 0.25) is 5.88 Å². The zero-order chi connectivity index (χ0) is 13.9. The first-order chi connectivity index (χ1) is 9.80. The number of hydrogen-bond donors (Lipinski definition) is 2. The largest absolute Gasteiger partial charge is 0.478 e. The molecule has 0 unspecified atom stereocenters. The lowest BCUT2D eigenvalue weighted by molar-refractivity contribution is 0.328. The van der Waals surface area contributed by atoms with E-state index >= 15 is 0 Å². The minimum atomic E-state index is 0.479. The Morgan fingerprint density at radius 2 is 2.10 bits per heavy atom. The molecule has 0 atom stereocenters. The van der Waals surface area contributed by atoms with E-state index in [4.69, 9.17) is 10.5 Å². The van der Waals surface area contributed by atoms with Crippen molar-refractivity contribution in [3.8, 4) is 17.4 Å². The van der Waals surface area contributed by atoms with Crippen LogP contribution in [0.2, 0.25) is 0 Å². The molecule has 3 N–H and O–H groups in total. The predicted octanol–water partition coefficient (Wildman–Crippen LogP) is 1.88. The van der Waals surface area contributed by atoms with Crippen molar-refractivity contribution in [2.75, 3.05) is 6.61 Å². The maximum atomic E-state index is 5.56. The number of nitrogens with two attached hydrogens (primary N) is 1. The SMILES string of the molecule is CCOc1ccc2[nH]c(-c3ccc(CN)cn3)nc2n1. The molecule has 3 rings (SSSR count).